The van der Waals surface area contributed by atoms with Crippen LogP contribution in [-0.4, -0.2) is 60.6 Å². The van der Waals surface area contributed by atoms with Crippen LogP contribution in [0.25, 0.3) is 11.0 Å². The third-order valence-corrected chi connectivity index (χ3v) is 5.37. The van der Waals surface area contributed by atoms with Gasteiger partial charge in [0.2, 0.25) is 5.95 Å². The quantitative estimate of drug-likeness (QED) is 0.721. The molecule has 0 amide bonds. The highest BCUT2D eigenvalue weighted by Crippen LogP contribution is 2.20. The van der Waals surface area contributed by atoms with Crippen molar-refractivity contribution in [3.8, 4) is 0 Å². The summed E-state index contributed by atoms with van der Waals surface area (Å²) in [5.41, 5.74) is 1.51. The molecule has 3 aromatic rings. The number of anilines is 1. The van der Waals surface area contributed by atoms with Gasteiger partial charge in [-0.05, 0) is 34.1 Å². The minimum atomic E-state index is -0.238. The van der Waals surface area contributed by atoms with Crippen molar-refractivity contribution in [3.63, 3.8) is 0 Å². The Hall–Kier alpha value is -2.68. The zero-order valence-electron chi connectivity index (χ0n) is 17.7. The van der Waals surface area contributed by atoms with Crippen molar-refractivity contribution >= 4 is 17.0 Å². The molecule has 3 aromatic heterocycles. The molecule has 1 aliphatic heterocycles. The van der Waals surface area contributed by atoms with E-state index in [2.05, 4.69) is 58.9 Å². The second kappa shape index (κ2) is 7.62. The van der Waals surface area contributed by atoms with Crippen molar-refractivity contribution < 1.29 is 0 Å². The minimum Gasteiger partial charge on any atom is -0.341 e. The number of fused-ring (bicyclic) bond motifs is 1. The predicted molar refractivity (Wildman–Crippen MR) is 113 cm³/mol. The number of aromatic nitrogens is 6. The molecular weight excluding hydrogens is 368 g/mol. The van der Waals surface area contributed by atoms with E-state index < -0.39 is 0 Å². The lowest BCUT2D eigenvalue weighted by Crippen LogP contribution is -2.33. The van der Waals surface area contributed by atoms with E-state index in [0.717, 1.165) is 45.7 Å². The van der Waals surface area contributed by atoms with Crippen molar-refractivity contribution in [1.29, 1.82) is 0 Å². The Morgan fingerprint density at radius 3 is 2.66 bits per heavy atom. The van der Waals surface area contributed by atoms with E-state index in [-0.39, 0.29) is 11.1 Å². The van der Waals surface area contributed by atoms with Gasteiger partial charge in [-0.15, -0.1) is 0 Å². The summed E-state index contributed by atoms with van der Waals surface area (Å²) in [6.07, 6.45) is 6.69. The van der Waals surface area contributed by atoms with Gasteiger partial charge in [-0.25, -0.2) is 4.68 Å². The van der Waals surface area contributed by atoms with E-state index >= 15 is 0 Å². The van der Waals surface area contributed by atoms with Gasteiger partial charge in [0.1, 0.15) is 5.39 Å². The lowest BCUT2D eigenvalue weighted by molar-refractivity contribution is 0.285. The van der Waals surface area contributed by atoms with Crippen LogP contribution in [0.5, 0.6) is 0 Å². The highest BCUT2D eigenvalue weighted by atomic mass is 16.1. The lowest BCUT2D eigenvalue weighted by Gasteiger charge is -2.23. The second-order valence-electron chi connectivity index (χ2n) is 8.68. The van der Waals surface area contributed by atoms with Crippen LogP contribution in [-0.2, 0) is 18.6 Å². The molecule has 0 saturated carbocycles. The number of H-pyrrole nitrogens is 1. The maximum absolute atomic E-state index is 12.6. The summed E-state index contributed by atoms with van der Waals surface area (Å²) >= 11 is 0. The molecule has 29 heavy (non-hydrogen) atoms. The Bertz CT molecular complexity index is 1040. The van der Waals surface area contributed by atoms with Gasteiger partial charge in [0.05, 0.1) is 17.9 Å². The topological polar surface area (TPSA) is 87.9 Å². The van der Waals surface area contributed by atoms with Crippen molar-refractivity contribution in [3.05, 3.63) is 34.5 Å². The van der Waals surface area contributed by atoms with Crippen LogP contribution in [0.15, 0.2) is 23.4 Å². The summed E-state index contributed by atoms with van der Waals surface area (Å²) in [4.78, 5) is 25.0. The van der Waals surface area contributed by atoms with E-state index in [1.807, 2.05) is 15.6 Å². The molecule has 0 aromatic carbocycles. The standard InChI is InChI=1S/C20H30N8O/c1-5-27-14-15(11-21-27)13-25-7-6-8-26(10-9-25)19-23-17-16(18(29)24-19)12-22-28(17)20(2,3)4/h11-12,14H,5-10,13H2,1-4H3,(H,23,24,29). The van der Waals surface area contributed by atoms with Gasteiger partial charge in [-0.1, -0.05) is 0 Å². The van der Waals surface area contributed by atoms with Crippen LogP contribution >= 0.6 is 0 Å². The molecule has 0 radical (unpaired) electrons. The lowest BCUT2D eigenvalue weighted by atomic mass is 10.1. The molecule has 1 aliphatic rings. The summed E-state index contributed by atoms with van der Waals surface area (Å²) in [6.45, 7) is 13.7. The third-order valence-electron chi connectivity index (χ3n) is 5.37. The number of hydrogen-bond donors (Lipinski definition) is 1. The smallest absolute Gasteiger partial charge is 0.263 e. The highest BCUT2D eigenvalue weighted by Gasteiger charge is 2.22. The molecule has 0 unspecified atom stereocenters. The van der Waals surface area contributed by atoms with E-state index in [4.69, 9.17) is 4.98 Å². The molecule has 0 aliphatic carbocycles. The zero-order chi connectivity index (χ0) is 20.6. The minimum absolute atomic E-state index is 0.131. The summed E-state index contributed by atoms with van der Waals surface area (Å²) in [6, 6.07) is 0. The van der Waals surface area contributed by atoms with Gasteiger partial charge >= 0.3 is 0 Å². The SMILES string of the molecule is CCn1cc(CN2CCCN(c3nc4c(cnn4C(C)(C)C)c(=O)[nH]3)CC2)cn1. The Kier molecular flexibility index (Phi) is 5.16. The van der Waals surface area contributed by atoms with Crippen molar-refractivity contribution in [2.24, 2.45) is 0 Å². The van der Waals surface area contributed by atoms with E-state index in [9.17, 15) is 4.79 Å². The molecule has 4 heterocycles. The van der Waals surface area contributed by atoms with Crippen LogP contribution in [0.2, 0.25) is 0 Å². The molecule has 9 heteroatoms. The second-order valence-corrected chi connectivity index (χ2v) is 8.68. The first kappa shape index (κ1) is 19.6. The van der Waals surface area contributed by atoms with Crippen molar-refractivity contribution in [2.45, 2.75) is 52.7 Å². The Morgan fingerprint density at radius 2 is 1.93 bits per heavy atom. The molecule has 1 N–H and O–H groups in total. The summed E-state index contributed by atoms with van der Waals surface area (Å²) in [7, 11) is 0. The van der Waals surface area contributed by atoms with Crippen molar-refractivity contribution in [2.75, 3.05) is 31.1 Å². The first-order valence-electron chi connectivity index (χ1n) is 10.3. The average molecular weight is 399 g/mol. The average Bonchev–Trinajstić information content (AvgIpc) is 3.24. The number of nitrogens with zero attached hydrogens (tertiary/aromatic N) is 7. The maximum atomic E-state index is 12.6. The zero-order valence-corrected chi connectivity index (χ0v) is 17.7. The molecule has 0 bridgehead atoms. The first-order chi connectivity index (χ1) is 13.8. The molecule has 0 spiro atoms. The van der Waals surface area contributed by atoms with E-state index in [0.29, 0.717) is 17.0 Å². The normalized spacial score (nSPS) is 16.5. The van der Waals surface area contributed by atoms with Gasteiger partial charge < -0.3 is 4.90 Å². The number of hydrogen-bond acceptors (Lipinski definition) is 6. The Balaban J connectivity index is 1.53. The molecule has 4 rings (SSSR count). The fourth-order valence-electron chi connectivity index (χ4n) is 3.81. The molecule has 1 saturated heterocycles. The number of rotatable bonds is 4. The third kappa shape index (κ3) is 4.05. The number of aromatic amines is 1. The Labute approximate surface area is 170 Å². The van der Waals surface area contributed by atoms with Gasteiger partial charge in [0.15, 0.2) is 5.65 Å². The maximum Gasteiger partial charge on any atom is 0.263 e. The van der Waals surface area contributed by atoms with Gasteiger partial charge in [0.25, 0.3) is 5.56 Å². The molecular formula is C20H30N8O. The monoisotopic (exact) mass is 398 g/mol. The largest absolute Gasteiger partial charge is 0.341 e. The number of aryl methyl sites for hydroxylation is 1. The van der Waals surface area contributed by atoms with Gasteiger partial charge in [-0.3, -0.25) is 19.4 Å². The molecule has 0 atom stereocenters. The van der Waals surface area contributed by atoms with Gasteiger partial charge in [-0.2, -0.15) is 15.2 Å². The fourth-order valence-corrected chi connectivity index (χ4v) is 3.81. The van der Waals surface area contributed by atoms with Crippen LogP contribution in [0, 0.1) is 0 Å². The molecule has 156 valence electrons. The van der Waals surface area contributed by atoms with Crippen LogP contribution in [0.4, 0.5) is 5.95 Å². The van der Waals surface area contributed by atoms with E-state index in [1.165, 1.54) is 5.56 Å². The van der Waals surface area contributed by atoms with Crippen LogP contribution < -0.4 is 10.5 Å². The summed E-state index contributed by atoms with van der Waals surface area (Å²) < 4.78 is 3.79. The number of nitrogens with one attached hydrogen (secondary N) is 1. The Morgan fingerprint density at radius 1 is 1.10 bits per heavy atom. The fraction of sp³-hybridized carbons (Fsp3) is 0.600. The predicted octanol–water partition coefficient (Wildman–Crippen LogP) is 1.80. The van der Waals surface area contributed by atoms with Crippen molar-refractivity contribution in [1.82, 2.24) is 34.4 Å². The highest BCUT2D eigenvalue weighted by molar-refractivity contribution is 5.74. The first-order valence-corrected chi connectivity index (χ1v) is 10.3. The summed E-state index contributed by atoms with van der Waals surface area (Å²) in [5, 5.41) is 9.30. The molecule has 1 fully saturated rings. The van der Waals surface area contributed by atoms with E-state index in [1.54, 1.807) is 6.20 Å². The summed E-state index contributed by atoms with van der Waals surface area (Å²) in [5.74, 6) is 0.633. The van der Waals surface area contributed by atoms with Gasteiger partial charge in [0, 0.05) is 51.0 Å². The van der Waals surface area contributed by atoms with Crippen LogP contribution in [0.1, 0.15) is 39.7 Å². The van der Waals surface area contributed by atoms with Crippen LogP contribution in [0.3, 0.4) is 0 Å². The molecule has 9 nitrogen and oxygen atoms in total.